The van der Waals surface area contributed by atoms with Gasteiger partial charge in [0.2, 0.25) is 0 Å². The van der Waals surface area contributed by atoms with Gasteiger partial charge in [-0.25, -0.2) is 9.97 Å². The van der Waals surface area contributed by atoms with Crippen molar-refractivity contribution >= 4 is 16.7 Å². The van der Waals surface area contributed by atoms with Gasteiger partial charge in [0.1, 0.15) is 5.82 Å². The zero-order valence-electron chi connectivity index (χ0n) is 16.0. The first kappa shape index (κ1) is 20.0. The third-order valence-electron chi connectivity index (χ3n) is 4.43. The first-order chi connectivity index (χ1) is 13.1. The van der Waals surface area contributed by atoms with Crippen molar-refractivity contribution < 1.29 is 13.2 Å². The van der Waals surface area contributed by atoms with Crippen LogP contribution in [-0.2, 0) is 6.18 Å². The highest BCUT2D eigenvalue weighted by atomic mass is 19.4. The fraction of sp³-hybridized carbons (Fsp3) is 0.444. The molecule has 0 spiro atoms. The lowest BCUT2D eigenvalue weighted by Crippen LogP contribution is -2.38. The van der Waals surface area contributed by atoms with Gasteiger partial charge < -0.3 is 10.6 Å². The number of hydrogen-bond acceptors (Lipinski definition) is 6. The molecule has 28 heavy (non-hydrogen) atoms. The van der Waals surface area contributed by atoms with Gasteiger partial charge in [-0.2, -0.15) is 18.3 Å². The number of pyridine rings is 1. The van der Waals surface area contributed by atoms with Crippen LogP contribution in [-0.4, -0.2) is 43.8 Å². The van der Waals surface area contributed by atoms with E-state index < -0.39 is 11.9 Å². The van der Waals surface area contributed by atoms with Crippen LogP contribution in [0.5, 0.6) is 0 Å². The summed E-state index contributed by atoms with van der Waals surface area (Å²) in [4.78, 5) is 12.7. The molecule has 0 radical (unpaired) electrons. The summed E-state index contributed by atoms with van der Waals surface area (Å²) >= 11 is 0. The maximum Gasteiger partial charge on any atom is 0.433 e. The number of hydrogen-bond donors (Lipinski definition) is 3. The first-order valence-electron chi connectivity index (χ1n) is 8.79. The normalized spacial score (nSPS) is 13.7. The van der Waals surface area contributed by atoms with Crippen LogP contribution in [0.15, 0.2) is 24.7 Å². The van der Waals surface area contributed by atoms with Crippen molar-refractivity contribution in [3.8, 4) is 11.4 Å². The summed E-state index contributed by atoms with van der Waals surface area (Å²) in [7, 11) is 1.88. The number of alkyl halides is 3. The summed E-state index contributed by atoms with van der Waals surface area (Å²) in [6, 6.07) is 1.97. The number of fused-ring (bicyclic) bond motifs is 1. The van der Waals surface area contributed by atoms with Gasteiger partial charge in [-0.05, 0) is 40.3 Å². The van der Waals surface area contributed by atoms with Gasteiger partial charge in [0.25, 0.3) is 0 Å². The number of rotatable bonds is 6. The molecule has 3 aromatic rings. The molecule has 0 amide bonds. The second kappa shape index (κ2) is 7.34. The number of nitrogens with zero attached hydrogens (tertiary/aromatic N) is 4. The maximum atomic E-state index is 13.3. The van der Waals surface area contributed by atoms with E-state index in [1.54, 1.807) is 12.3 Å². The SMILES string of the molecule is CNC(C)CC(C)(C)Nc1nc(-c2cn[nH]c2C(F)(F)F)nc2cnccc12. The predicted molar refractivity (Wildman–Crippen MR) is 101 cm³/mol. The van der Waals surface area contributed by atoms with Crippen LogP contribution in [0.4, 0.5) is 19.0 Å². The van der Waals surface area contributed by atoms with Crippen LogP contribution in [0.25, 0.3) is 22.3 Å². The van der Waals surface area contributed by atoms with Crippen LogP contribution in [0.3, 0.4) is 0 Å². The van der Waals surface area contributed by atoms with Gasteiger partial charge in [-0.1, -0.05) is 0 Å². The van der Waals surface area contributed by atoms with E-state index in [1.165, 1.54) is 6.20 Å². The highest BCUT2D eigenvalue weighted by Crippen LogP contribution is 2.35. The molecule has 0 aliphatic heterocycles. The molecule has 7 nitrogen and oxygen atoms in total. The fourth-order valence-electron chi connectivity index (χ4n) is 3.11. The van der Waals surface area contributed by atoms with Gasteiger partial charge in [0.05, 0.1) is 23.5 Å². The molecule has 1 atom stereocenters. The molecular weight excluding hydrogens is 371 g/mol. The van der Waals surface area contributed by atoms with Gasteiger partial charge in [-0.3, -0.25) is 10.1 Å². The number of anilines is 1. The van der Waals surface area contributed by atoms with Crippen LogP contribution in [0, 0.1) is 0 Å². The van der Waals surface area contributed by atoms with Crippen molar-refractivity contribution in [2.45, 2.75) is 44.9 Å². The number of H-pyrrole nitrogens is 1. The number of halogens is 3. The topological polar surface area (TPSA) is 91.4 Å². The Morgan fingerprint density at radius 1 is 1.18 bits per heavy atom. The monoisotopic (exact) mass is 393 g/mol. The van der Waals surface area contributed by atoms with E-state index in [9.17, 15) is 13.2 Å². The highest BCUT2D eigenvalue weighted by molar-refractivity contribution is 5.90. The third kappa shape index (κ3) is 4.22. The lowest BCUT2D eigenvalue weighted by molar-refractivity contribution is -0.140. The van der Waals surface area contributed by atoms with Gasteiger partial charge in [-0.15, -0.1) is 0 Å². The Balaban J connectivity index is 2.10. The van der Waals surface area contributed by atoms with E-state index in [0.29, 0.717) is 16.7 Å². The summed E-state index contributed by atoms with van der Waals surface area (Å²) < 4.78 is 39.8. The molecule has 3 N–H and O–H groups in total. The predicted octanol–water partition coefficient (Wildman–Crippen LogP) is 3.62. The molecule has 10 heteroatoms. The lowest BCUT2D eigenvalue weighted by Gasteiger charge is -2.30. The van der Waals surface area contributed by atoms with Crippen molar-refractivity contribution in [1.29, 1.82) is 0 Å². The largest absolute Gasteiger partial charge is 0.433 e. The molecular formula is C18H22F3N7. The zero-order chi connectivity index (χ0) is 20.5. The second-order valence-corrected chi connectivity index (χ2v) is 7.35. The van der Waals surface area contributed by atoms with Crippen LogP contribution in [0.1, 0.15) is 32.9 Å². The Morgan fingerprint density at radius 2 is 1.93 bits per heavy atom. The van der Waals surface area contributed by atoms with Gasteiger partial charge >= 0.3 is 6.18 Å². The minimum Gasteiger partial charge on any atom is -0.364 e. The van der Waals surface area contributed by atoms with E-state index in [0.717, 1.165) is 12.6 Å². The van der Waals surface area contributed by atoms with Crippen molar-refractivity contribution in [1.82, 2.24) is 30.5 Å². The maximum absolute atomic E-state index is 13.3. The van der Waals surface area contributed by atoms with E-state index in [4.69, 9.17) is 0 Å². The Labute approximate surface area is 160 Å². The molecule has 0 aliphatic rings. The minimum atomic E-state index is -4.59. The zero-order valence-corrected chi connectivity index (χ0v) is 16.0. The Bertz CT molecular complexity index is 965. The molecule has 3 heterocycles. The van der Waals surface area contributed by atoms with Crippen molar-refractivity contribution in [2.75, 3.05) is 12.4 Å². The summed E-state index contributed by atoms with van der Waals surface area (Å²) in [5, 5.41) is 12.7. The molecule has 0 aromatic carbocycles. The van der Waals surface area contributed by atoms with Crippen molar-refractivity contribution in [2.24, 2.45) is 0 Å². The molecule has 0 fully saturated rings. The Morgan fingerprint density at radius 3 is 2.61 bits per heavy atom. The average molecular weight is 393 g/mol. The average Bonchev–Trinajstić information content (AvgIpc) is 3.11. The molecule has 0 bridgehead atoms. The van der Waals surface area contributed by atoms with Gasteiger partial charge in [0, 0.05) is 23.2 Å². The Hall–Kier alpha value is -2.75. The molecule has 0 saturated carbocycles. The van der Waals surface area contributed by atoms with Crippen LogP contribution < -0.4 is 10.6 Å². The van der Waals surface area contributed by atoms with Crippen LogP contribution >= 0.6 is 0 Å². The second-order valence-electron chi connectivity index (χ2n) is 7.35. The Kier molecular flexibility index (Phi) is 5.24. The summed E-state index contributed by atoms with van der Waals surface area (Å²) in [5.41, 5.74) is -1.11. The molecule has 0 saturated heterocycles. The minimum absolute atomic E-state index is 0.0680. The van der Waals surface area contributed by atoms with E-state index in [2.05, 4.69) is 37.6 Å². The van der Waals surface area contributed by atoms with E-state index in [-0.39, 0.29) is 23.0 Å². The molecule has 3 aromatic heterocycles. The van der Waals surface area contributed by atoms with Crippen molar-refractivity contribution in [3.63, 3.8) is 0 Å². The number of nitrogens with one attached hydrogen (secondary N) is 3. The number of aromatic amines is 1. The molecule has 150 valence electrons. The fourth-order valence-corrected chi connectivity index (χ4v) is 3.11. The number of aromatic nitrogens is 5. The molecule has 3 rings (SSSR count). The summed E-state index contributed by atoms with van der Waals surface area (Å²) in [5.74, 6) is 0.381. The third-order valence-corrected chi connectivity index (χ3v) is 4.43. The van der Waals surface area contributed by atoms with Crippen molar-refractivity contribution in [3.05, 3.63) is 30.4 Å². The highest BCUT2D eigenvalue weighted by Gasteiger charge is 2.37. The summed E-state index contributed by atoms with van der Waals surface area (Å²) in [6.07, 6.45) is 0.364. The van der Waals surface area contributed by atoms with Gasteiger partial charge in [0.15, 0.2) is 11.5 Å². The lowest BCUT2D eigenvalue weighted by atomic mass is 9.96. The van der Waals surface area contributed by atoms with E-state index >= 15 is 0 Å². The first-order valence-corrected chi connectivity index (χ1v) is 8.79. The quantitative estimate of drug-likeness (QED) is 0.593. The molecule has 1 unspecified atom stereocenters. The standard InChI is InChI=1S/C18H22F3N7/c1-10(22-4)7-17(2,3)27-16-11-5-6-23-9-13(11)25-15(26-16)12-8-24-28-14(12)18(19,20)21/h5-6,8-10,22H,7H2,1-4H3,(H,24,28)(H,25,26,27). The van der Waals surface area contributed by atoms with E-state index in [1.807, 2.05) is 26.0 Å². The summed E-state index contributed by atoms with van der Waals surface area (Å²) in [6.45, 7) is 6.07. The van der Waals surface area contributed by atoms with Crippen LogP contribution in [0.2, 0.25) is 0 Å². The molecule has 0 aliphatic carbocycles. The smallest absolute Gasteiger partial charge is 0.364 e.